The van der Waals surface area contributed by atoms with Gasteiger partial charge in [0.05, 0.1) is 4.90 Å². The summed E-state index contributed by atoms with van der Waals surface area (Å²) in [5.41, 5.74) is 2.40. The van der Waals surface area contributed by atoms with Crippen LogP contribution in [0.2, 0.25) is 0 Å². The van der Waals surface area contributed by atoms with E-state index in [1.54, 1.807) is 41.4 Å². The maximum atomic E-state index is 13.0. The molecule has 7 heteroatoms. The summed E-state index contributed by atoms with van der Waals surface area (Å²) in [5, 5.41) is 0. The molecular formula is C19H23N3O3S. The molecule has 0 aliphatic carbocycles. The number of benzene rings is 1. The summed E-state index contributed by atoms with van der Waals surface area (Å²) in [5.74, 6) is -0.156. The average molecular weight is 373 g/mol. The van der Waals surface area contributed by atoms with Gasteiger partial charge in [0.2, 0.25) is 10.0 Å². The lowest BCUT2D eigenvalue weighted by Gasteiger charge is -2.22. The molecule has 0 spiro atoms. The first-order valence-electron chi connectivity index (χ1n) is 8.67. The fourth-order valence-corrected chi connectivity index (χ4v) is 4.57. The summed E-state index contributed by atoms with van der Waals surface area (Å²) >= 11 is 0. The predicted molar refractivity (Wildman–Crippen MR) is 99.4 cm³/mol. The van der Waals surface area contributed by atoms with E-state index >= 15 is 0 Å². The van der Waals surface area contributed by atoms with Crippen molar-refractivity contribution in [3.05, 3.63) is 59.4 Å². The van der Waals surface area contributed by atoms with Gasteiger partial charge in [0.25, 0.3) is 5.91 Å². The third kappa shape index (κ3) is 3.78. The molecule has 3 rings (SSSR count). The number of rotatable bonds is 3. The van der Waals surface area contributed by atoms with Crippen LogP contribution in [0.1, 0.15) is 28.0 Å². The second-order valence-corrected chi connectivity index (χ2v) is 8.45. The van der Waals surface area contributed by atoms with Crippen molar-refractivity contribution in [2.75, 3.05) is 26.2 Å². The minimum Gasteiger partial charge on any atom is -0.336 e. The van der Waals surface area contributed by atoms with Crippen LogP contribution in [0.5, 0.6) is 0 Å². The van der Waals surface area contributed by atoms with Crippen LogP contribution in [0.15, 0.2) is 47.5 Å². The van der Waals surface area contributed by atoms with Crippen molar-refractivity contribution < 1.29 is 13.2 Å². The van der Waals surface area contributed by atoms with Crippen molar-refractivity contribution in [1.82, 2.24) is 14.2 Å². The van der Waals surface area contributed by atoms with Crippen molar-refractivity contribution in [3.8, 4) is 0 Å². The lowest BCUT2D eigenvalue weighted by molar-refractivity contribution is 0.0758. The molecule has 1 fully saturated rings. The first-order chi connectivity index (χ1) is 12.4. The summed E-state index contributed by atoms with van der Waals surface area (Å²) in [7, 11) is -3.56. The van der Waals surface area contributed by atoms with Crippen LogP contribution < -0.4 is 0 Å². The van der Waals surface area contributed by atoms with Crippen molar-refractivity contribution in [1.29, 1.82) is 0 Å². The number of aromatic nitrogens is 1. The zero-order valence-corrected chi connectivity index (χ0v) is 15.9. The molecule has 0 saturated carbocycles. The number of amides is 1. The second-order valence-electron chi connectivity index (χ2n) is 6.51. The lowest BCUT2D eigenvalue weighted by atomic mass is 10.1. The zero-order chi connectivity index (χ0) is 18.7. The molecule has 0 atom stereocenters. The highest BCUT2D eigenvalue weighted by Gasteiger charge is 2.29. The SMILES string of the molecule is Cc1ccc(S(=O)(=O)N2CCCN(C(=O)c3ccccn3)CC2)cc1C. The molecule has 1 aromatic carbocycles. The molecule has 2 heterocycles. The van der Waals surface area contributed by atoms with E-state index in [2.05, 4.69) is 4.98 Å². The highest BCUT2D eigenvalue weighted by Crippen LogP contribution is 2.21. The van der Waals surface area contributed by atoms with Gasteiger partial charge in [0, 0.05) is 32.4 Å². The molecule has 0 radical (unpaired) electrons. The van der Waals surface area contributed by atoms with E-state index in [1.807, 2.05) is 19.9 Å². The topological polar surface area (TPSA) is 70.6 Å². The smallest absolute Gasteiger partial charge is 0.272 e. The van der Waals surface area contributed by atoms with Crippen LogP contribution in [-0.2, 0) is 10.0 Å². The highest BCUT2D eigenvalue weighted by atomic mass is 32.2. The highest BCUT2D eigenvalue weighted by molar-refractivity contribution is 7.89. The standard InChI is InChI=1S/C19H23N3O3S/c1-15-7-8-17(14-16(15)2)26(24,25)22-11-5-10-21(12-13-22)19(23)18-6-3-4-9-20-18/h3-4,6-9,14H,5,10-13H2,1-2H3. The Hall–Kier alpha value is -2.25. The number of carbonyl (C=O) groups is 1. The summed E-state index contributed by atoms with van der Waals surface area (Å²) in [6.07, 6.45) is 2.18. The Kier molecular flexibility index (Phi) is 5.38. The molecule has 0 unspecified atom stereocenters. The van der Waals surface area contributed by atoms with Crippen LogP contribution in [0.4, 0.5) is 0 Å². The number of sulfonamides is 1. The summed E-state index contributed by atoms with van der Waals surface area (Å²) in [4.78, 5) is 18.6. The van der Waals surface area contributed by atoms with E-state index in [4.69, 9.17) is 0 Å². The largest absolute Gasteiger partial charge is 0.336 e. The van der Waals surface area contributed by atoms with E-state index in [-0.39, 0.29) is 12.5 Å². The molecule has 1 aliphatic rings. The van der Waals surface area contributed by atoms with Gasteiger partial charge in [0.15, 0.2) is 0 Å². The van der Waals surface area contributed by atoms with Crippen molar-refractivity contribution in [2.45, 2.75) is 25.2 Å². The number of nitrogens with zero attached hydrogens (tertiary/aromatic N) is 3. The predicted octanol–water partition coefficient (Wildman–Crippen LogP) is 2.24. The number of hydrogen-bond acceptors (Lipinski definition) is 4. The van der Waals surface area contributed by atoms with Crippen molar-refractivity contribution in [3.63, 3.8) is 0 Å². The molecule has 1 aromatic heterocycles. The number of aryl methyl sites for hydroxylation is 2. The zero-order valence-electron chi connectivity index (χ0n) is 15.1. The maximum Gasteiger partial charge on any atom is 0.272 e. The molecule has 0 bridgehead atoms. The Morgan fingerprint density at radius 1 is 1.00 bits per heavy atom. The molecule has 138 valence electrons. The number of hydrogen-bond donors (Lipinski definition) is 0. The van der Waals surface area contributed by atoms with Gasteiger partial charge in [0.1, 0.15) is 5.69 Å². The van der Waals surface area contributed by atoms with Gasteiger partial charge >= 0.3 is 0 Å². The Balaban J connectivity index is 1.75. The van der Waals surface area contributed by atoms with Crippen LogP contribution in [0, 0.1) is 13.8 Å². The van der Waals surface area contributed by atoms with Crippen molar-refractivity contribution in [2.24, 2.45) is 0 Å². The Morgan fingerprint density at radius 2 is 1.81 bits per heavy atom. The van der Waals surface area contributed by atoms with E-state index in [9.17, 15) is 13.2 Å². The van der Waals surface area contributed by atoms with Crippen LogP contribution in [0.3, 0.4) is 0 Å². The monoisotopic (exact) mass is 373 g/mol. The van der Waals surface area contributed by atoms with Crippen LogP contribution in [0.25, 0.3) is 0 Å². The number of carbonyl (C=O) groups excluding carboxylic acids is 1. The molecular weight excluding hydrogens is 350 g/mol. The van der Waals surface area contributed by atoms with Crippen molar-refractivity contribution >= 4 is 15.9 Å². The Labute approximate surface area is 154 Å². The third-order valence-corrected chi connectivity index (χ3v) is 6.64. The number of pyridine rings is 1. The van der Waals surface area contributed by atoms with Gasteiger partial charge in [-0.2, -0.15) is 4.31 Å². The van der Waals surface area contributed by atoms with E-state index in [1.165, 1.54) is 4.31 Å². The molecule has 1 amide bonds. The molecule has 6 nitrogen and oxygen atoms in total. The minimum absolute atomic E-state index is 0.156. The summed E-state index contributed by atoms with van der Waals surface area (Å²) in [6.45, 7) is 5.44. The molecule has 1 aliphatic heterocycles. The first-order valence-corrected chi connectivity index (χ1v) is 10.1. The quantitative estimate of drug-likeness (QED) is 0.827. The Bertz CT molecular complexity index is 898. The van der Waals surface area contributed by atoms with Gasteiger partial charge in [-0.25, -0.2) is 8.42 Å². The minimum atomic E-state index is -3.56. The van der Waals surface area contributed by atoms with E-state index < -0.39 is 10.0 Å². The fourth-order valence-electron chi connectivity index (χ4n) is 3.01. The molecule has 2 aromatic rings. The van der Waals surface area contributed by atoms with Gasteiger partial charge in [-0.1, -0.05) is 12.1 Å². The maximum absolute atomic E-state index is 13.0. The second kappa shape index (κ2) is 7.55. The van der Waals surface area contributed by atoms with E-state index in [0.29, 0.717) is 36.6 Å². The lowest BCUT2D eigenvalue weighted by Crippen LogP contribution is -2.37. The van der Waals surface area contributed by atoms with Crippen LogP contribution >= 0.6 is 0 Å². The molecule has 1 saturated heterocycles. The summed E-state index contributed by atoms with van der Waals surface area (Å²) in [6, 6.07) is 10.4. The summed E-state index contributed by atoms with van der Waals surface area (Å²) < 4.78 is 27.4. The Morgan fingerprint density at radius 3 is 2.50 bits per heavy atom. The van der Waals surface area contributed by atoms with E-state index in [0.717, 1.165) is 11.1 Å². The van der Waals surface area contributed by atoms with Gasteiger partial charge in [-0.3, -0.25) is 9.78 Å². The average Bonchev–Trinajstić information content (AvgIpc) is 2.90. The first kappa shape index (κ1) is 18.5. The van der Waals surface area contributed by atoms with Gasteiger partial charge < -0.3 is 4.90 Å². The van der Waals surface area contributed by atoms with Gasteiger partial charge in [-0.15, -0.1) is 0 Å². The molecule has 0 N–H and O–H groups in total. The fraction of sp³-hybridized carbons (Fsp3) is 0.368. The normalized spacial score (nSPS) is 16.3. The van der Waals surface area contributed by atoms with Gasteiger partial charge in [-0.05, 0) is 55.7 Å². The van der Waals surface area contributed by atoms with Crippen LogP contribution in [-0.4, -0.2) is 54.7 Å². The molecule has 26 heavy (non-hydrogen) atoms. The third-order valence-electron chi connectivity index (χ3n) is 4.74.